The summed E-state index contributed by atoms with van der Waals surface area (Å²) in [6, 6.07) is 4.86. The van der Waals surface area contributed by atoms with Crippen molar-refractivity contribution in [3.05, 3.63) is 33.9 Å². The van der Waals surface area contributed by atoms with Crippen LogP contribution in [0.15, 0.2) is 18.2 Å². The topological polar surface area (TPSA) is 69.4 Å². The van der Waals surface area contributed by atoms with E-state index < -0.39 is 4.92 Å². The van der Waals surface area contributed by atoms with E-state index >= 15 is 0 Å². The van der Waals surface area contributed by atoms with Gasteiger partial charge in [0, 0.05) is 12.5 Å². The summed E-state index contributed by atoms with van der Waals surface area (Å²) >= 11 is 0. The molecule has 1 spiro atoms. The molecule has 1 atom stereocenters. The van der Waals surface area contributed by atoms with Gasteiger partial charge in [-0.1, -0.05) is 25.3 Å². The zero-order valence-electron chi connectivity index (χ0n) is 12.1. The quantitative estimate of drug-likeness (QED) is 0.630. The number of carbonyl (C=O) groups is 1. The number of nitro benzene ring substituents is 1. The highest BCUT2D eigenvalue weighted by atomic mass is 16.6. The Kier molecular flexibility index (Phi) is 3.43. The molecule has 2 aliphatic carbocycles. The summed E-state index contributed by atoms with van der Waals surface area (Å²) in [5.41, 5.74) is 0.514. The van der Waals surface area contributed by atoms with Crippen LogP contribution in [0.1, 0.15) is 44.1 Å². The first-order valence-corrected chi connectivity index (χ1v) is 7.48. The molecule has 1 unspecified atom stereocenters. The number of carbonyl (C=O) groups excluding carboxylic acids is 1. The second-order valence-corrected chi connectivity index (χ2v) is 6.18. The first-order chi connectivity index (χ1) is 10.0. The van der Waals surface area contributed by atoms with Crippen LogP contribution in [-0.2, 0) is 4.79 Å². The predicted octanol–water partition coefficient (Wildman–Crippen LogP) is 3.57. The number of ether oxygens (including phenoxy) is 1. The number of nitro groups is 1. The molecular formula is C16H19NO4. The highest BCUT2D eigenvalue weighted by Crippen LogP contribution is 2.51. The Morgan fingerprint density at radius 3 is 2.62 bits per heavy atom. The lowest BCUT2D eigenvalue weighted by Gasteiger charge is -2.49. The van der Waals surface area contributed by atoms with Crippen molar-refractivity contribution in [2.75, 3.05) is 0 Å². The fourth-order valence-corrected chi connectivity index (χ4v) is 3.57. The molecule has 0 saturated heterocycles. The first kappa shape index (κ1) is 14.0. The number of aryl methyl sites for hydroxylation is 1. The van der Waals surface area contributed by atoms with Crippen molar-refractivity contribution in [2.24, 2.45) is 5.41 Å². The van der Waals surface area contributed by atoms with E-state index in [1.807, 2.05) is 6.92 Å². The van der Waals surface area contributed by atoms with Crippen molar-refractivity contribution in [1.82, 2.24) is 0 Å². The van der Waals surface area contributed by atoms with Crippen LogP contribution in [0.2, 0.25) is 0 Å². The summed E-state index contributed by atoms with van der Waals surface area (Å²) in [5.74, 6) is 0.560. The molecule has 2 aliphatic rings. The van der Waals surface area contributed by atoms with Gasteiger partial charge in [0.25, 0.3) is 0 Å². The molecule has 0 aromatic heterocycles. The van der Waals surface area contributed by atoms with Crippen molar-refractivity contribution in [2.45, 2.75) is 51.6 Å². The average molecular weight is 289 g/mol. The minimum absolute atomic E-state index is 0.0223. The second-order valence-electron chi connectivity index (χ2n) is 6.18. The Balaban J connectivity index is 1.85. The van der Waals surface area contributed by atoms with Gasteiger partial charge >= 0.3 is 5.69 Å². The Hall–Kier alpha value is -1.91. The van der Waals surface area contributed by atoms with E-state index in [0.717, 1.165) is 37.7 Å². The molecule has 0 radical (unpaired) electrons. The van der Waals surface area contributed by atoms with E-state index in [1.54, 1.807) is 12.1 Å². The molecule has 1 aromatic rings. The minimum Gasteiger partial charge on any atom is -0.482 e. The van der Waals surface area contributed by atoms with Crippen molar-refractivity contribution in [3.8, 4) is 5.75 Å². The standard InChI is InChI=1S/C16H19NO4/c1-11-5-6-12(17(19)20)13(9-11)21-15-10-14(18)16(15)7-3-2-4-8-16/h5-6,9,15H,2-4,7-8,10H2,1H3. The molecule has 2 saturated carbocycles. The van der Waals surface area contributed by atoms with Crippen molar-refractivity contribution < 1.29 is 14.5 Å². The van der Waals surface area contributed by atoms with Gasteiger partial charge in [0.1, 0.15) is 11.9 Å². The molecule has 1 aromatic carbocycles. The maximum atomic E-state index is 12.1. The van der Waals surface area contributed by atoms with Gasteiger partial charge in [-0.3, -0.25) is 14.9 Å². The van der Waals surface area contributed by atoms with Gasteiger partial charge in [-0.05, 0) is 31.4 Å². The molecule has 3 rings (SSSR count). The molecule has 5 nitrogen and oxygen atoms in total. The predicted molar refractivity (Wildman–Crippen MR) is 77.4 cm³/mol. The number of hydrogen-bond donors (Lipinski definition) is 0. The van der Waals surface area contributed by atoms with Crippen LogP contribution in [0.25, 0.3) is 0 Å². The van der Waals surface area contributed by atoms with Crippen LogP contribution in [-0.4, -0.2) is 16.8 Å². The third kappa shape index (κ3) is 2.30. The molecule has 0 amide bonds. The van der Waals surface area contributed by atoms with Gasteiger partial charge in [-0.2, -0.15) is 0 Å². The van der Waals surface area contributed by atoms with E-state index in [2.05, 4.69) is 0 Å². The summed E-state index contributed by atoms with van der Waals surface area (Å²) < 4.78 is 5.92. The Morgan fingerprint density at radius 2 is 2.00 bits per heavy atom. The Bertz CT molecular complexity index is 590. The van der Waals surface area contributed by atoms with Gasteiger partial charge < -0.3 is 4.74 Å². The first-order valence-electron chi connectivity index (χ1n) is 7.48. The molecule has 2 fully saturated rings. The Morgan fingerprint density at radius 1 is 1.29 bits per heavy atom. The average Bonchev–Trinajstić information content (AvgIpc) is 2.47. The number of rotatable bonds is 3. The number of ketones is 1. The van der Waals surface area contributed by atoms with Gasteiger partial charge in [0.05, 0.1) is 10.3 Å². The van der Waals surface area contributed by atoms with Crippen molar-refractivity contribution in [1.29, 1.82) is 0 Å². The summed E-state index contributed by atoms with van der Waals surface area (Å²) in [6.07, 6.45) is 5.14. The largest absolute Gasteiger partial charge is 0.482 e. The van der Waals surface area contributed by atoms with Crippen LogP contribution in [0.5, 0.6) is 5.75 Å². The van der Waals surface area contributed by atoms with E-state index in [1.165, 1.54) is 6.07 Å². The molecule has 21 heavy (non-hydrogen) atoms. The van der Waals surface area contributed by atoms with E-state index in [-0.39, 0.29) is 23.0 Å². The maximum Gasteiger partial charge on any atom is 0.310 e. The van der Waals surface area contributed by atoms with Crippen LogP contribution in [0, 0.1) is 22.5 Å². The minimum atomic E-state index is -0.428. The van der Waals surface area contributed by atoms with E-state index in [0.29, 0.717) is 12.2 Å². The highest BCUT2D eigenvalue weighted by Gasteiger charge is 2.56. The molecule has 0 aliphatic heterocycles. The van der Waals surface area contributed by atoms with Gasteiger partial charge in [0.2, 0.25) is 0 Å². The zero-order valence-corrected chi connectivity index (χ0v) is 12.1. The molecule has 0 heterocycles. The number of nitrogens with zero attached hydrogens (tertiary/aromatic N) is 1. The lowest BCUT2D eigenvalue weighted by Crippen LogP contribution is -2.57. The zero-order chi connectivity index (χ0) is 15.0. The monoisotopic (exact) mass is 289 g/mol. The lowest BCUT2D eigenvalue weighted by atomic mass is 9.57. The van der Waals surface area contributed by atoms with Gasteiger partial charge in [0.15, 0.2) is 5.75 Å². The summed E-state index contributed by atoms with van der Waals surface area (Å²) in [4.78, 5) is 22.8. The smallest absolute Gasteiger partial charge is 0.310 e. The Labute approximate surface area is 123 Å². The maximum absolute atomic E-state index is 12.1. The lowest BCUT2D eigenvalue weighted by molar-refractivity contribution is -0.386. The highest BCUT2D eigenvalue weighted by molar-refractivity contribution is 5.92. The van der Waals surface area contributed by atoms with Crippen LogP contribution in [0.4, 0.5) is 5.69 Å². The summed E-state index contributed by atoms with van der Waals surface area (Å²) in [7, 11) is 0. The number of Topliss-reactive ketones (excluding diaryl/α,β-unsaturated/α-hetero) is 1. The van der Waals surface area contributed by atoms with E-state index in [4.69, 9.17) is 4.74 Å². The molecule has 0 N–H and O–H groups in total. The van der Waals surface area contributed by atoms with Crippen molar-refractivity contribution in [3.63, 3.8) is 0 Å². The fourth-order valence-electron chi connectivity index (χ4n) is 3.57. The van der Waals surface area contributed by atoms with Crippen molar-refractivity contribution >= 4 is 11.5 Å². The van der Waals surface area contributed by atoms with E-state index in [9.17, 15) is 14.9 Å². The summed E-state index contributed by atoms with van der Waals surface area (Å²) in [5, 5.41) is 11.1. The third-order valence-electron chi connectivity index (χ3n) is 4.87. The number of benzene rings is 1. The van der Waals surface area contributed by atoms with Crippen LogP contribution in [0.3, 0.4) is 0 Å². The molecular weight excluding hydrogens is 270 g/mol. The molecule has 0 bridgehead atoms. The van der Waals surface area contributed by atoms with Crippen LogP contribution < -0.4 is 4.74 Å². The van der Waals surface area contributed by atoms with Gasteiger partial charge in [-0.25, -0.2) is 0 Å². The second kappa shape index (κ2) is 5.13. The summed E-state index contributed by atoms with van der Waals surface area (Å²) in [6.45, 7) is 1.87. The van der Waals surface area contributed by atoms with Gasteiger partial charge in [-0.15, -0.1) is 0 Å². The fraction of sp³-hybridized carbons (Fsp3) is 0.562. The third-order valence-corrected chi connectivity index (χ3v) is 4.87. The SMILES string of the molecule is Cc1ccc([N+](=O)[O-])c(OC2CC(=O)C23CCCCC3)c1. The molecule has 112 valence electrons. The van der Waals surface area contributed by atoms with Crippen LogP contribution >= 0.6 is 0 Å². The number of hydrogen-bond acceptors (Lipinski definition) is 4. The molecule has 5 heteroatoms. The normalized spacial score (nSPS) is 23.7.